The molecule has 1 atom stereocenters. The van der Waals surface area contributed by atoms with Crippen molar-refractivity contribution in [2.75, 3.05) is 11.4 Å². The van der Waals surface area contributed by atoms with Crippen LogP contribution in [0.5, 0.6) is 0 Å². The number of nitrogens with zero attached hydrogens (tertiary/aromatic N) is 1. The Labute approximate surface area is 127 Å². The SMILES string of the molecule is O=C1C[C@@H]([NH2+]CCc2cccs2)C(=O)N1c1ccccc1. The molecule has 0 unspecified atom stereocenters. The molecule has 2 N–H and O–H groups in total. The number of carbonyl (C=O) groups is 2. The molecule has 4 nitrogen and oxygen atoms in total. The van der Waals surface area contributed by atoms with Gasteiger partial charge in [0.1, 0.15) is 0 Å². The molecule has 1 aromatic carbocycles. The highest BCUT2D eigenvalue weighted by molar-refractivity contribution is 7.09. The lowest BCUT2D eigenvalue weighted by molar-refractivity contribution is -0.674. The molecule has 2 amide bonds. The predicted octanol–water partition coefficient (Wildman–Crippen LogP) is 1.19. The van der Waals surface area contributed by atoms with Gasteiger partial charge in [-0.15, -0.1) is 11.3 Å². The largest absolute Gasteiger partial charge is 0.335 e. The summed E-state index contributed by atoms with van der Waals surface area (Å²) in [4.78, 5) is 27.1. The Morgan fingerprint density at radius 3 is 2.67 bits per heavy atom. The van der Waals surface area contributed by atoms with Crippen LogP contribution in [0.2, 0.25) is 0 Å². The molecule has 1 fully saturated rings. The lowest BCUT2D eigenvalue weighted by Crippen LogP contribution is -2.92. The number of para-hydroxylation sites is 1. The lowest BCUT2D eigenvalue weighted by Gasteiger charge is -2.13. The quantitative estimate of drug-likeness (QED) is 0.843. The van der Waals surface area contributed by atoms with Crippen LogP contribution < -0.4 is 10.2 Å². The minimum absolute atomic E-state index is 0.0996. The van der Waals surface area contributed by atoms with E-state index in [9.17, 15) is 9.59 Å². The highest BCUT2D eigenvalue weighted by atomic mass is 32.1. The molecule has 0 spiro atoms. The van der Waals surface area contributed by atoms with Crippen molar-refractivity contribution in [3.63, 3.8) is 0 Å². The van der Waals surface area contributed by atoms with Crippen LogP contribution in [0.3, 0.4) is 0 Å². The molecule has 0 aliphatic carbocycles. The van der Waals surface area contributed by atoms with Crippen LogP contribution in [0, 0.1) is 0 Å². The Morgan fingerprint density at radius 1 is 1.14 bits per heavy atom. The summed E-state index contributed by atoms with van der Waals surface area (Å²) in [5.41, 5.74) is 0.668. The van der Waals surface area contributed by atoms with Crippen LogP contribution in [-0.2, 0) is 16.0 Å². The van der Waals surface area contributed by atoms with Gasteiger partial charge >= 0.3 is 0 Å². The van der Waals surface area contributed by atoms with Crippen molar-refractivity contribution in [2.24, 2.45) is 0 Å². The summed E-state index contributed by atoms with van der Waals surface area (Å²) in [5, 5.41) is 4.04. The molecule has 21 heavy (non-hydrogen) atoms. The van der Waals surface area contributed by atoms with Gasteiger partial charge in [-0.25, -0.2) is 4.90 Å². The Morgan fingerprint density at radius 2 is 1.95 bits per heavy atom. The average Bonchev–Trinajstić information content (AvgIpc) is 3.09. The minimum atomic E-state index is -0.280. The summed E-state index contributed by atoms with van der Waals surface area (Å²) in [6.07, 6.45) is 1.22. The van der Waals surface area contributed by atoms with Crippen molar-refractivity contribution >= 4 is 28.8 Å². The van der Waals surface area contributed by atoms with Crippen molar-refractivity contribution in [2.45, 2.75) is 18.9 Å². The van der Waals surface area contributed by atoms with E-state index < -0.39 is 0 Å². The van der Waals surface area contributed by atoms with Gasteiger partial charge < -0.3 is 5.32 Å². The van der Waals surface area contributed by atoms with Crippen molar-refractivity contribution in [3.8, 4) is 0 Å². The number of carbonyl (C=O) groups excluding carboxylic acids is 2. The second-order valence-corrected chi connectivity index (χ2v) is 6.10. The summed E-state index contributed by atoms with van der Waals surface area (Å²) in [6.45, 7) is 0.826. The Balaban J connectivity index is 1.61. The Hall–Kier alpha value is -1.98. The summed E-state index contributed by atoms with van der Waals surface area (Å²) < 4.78 is 0. The maximum atomic E-state index is 12.4. The van der Waals surface area contributed by atoms with Gasteiger partial charge in [-0.3, -0.25) is 9.59 Å². The maximum absolute atomic E-state index is 12.4. The van der Waals surface area contributed by atoms with E-state index in [0.29, 0.717) is 5.69 Å². The molecule has 1 saturated heterocycles. The van der Waals surface area contributed by atoms with E-state index in [4.69, 9.17) is 0 Å². The molecule has 0 saturated carbocycles. The smallest absolute Gasteiger partial charge is 0.292 e. The van der Waals surface area contributed by atoms with E-state index in [-0.39, 0.29) is 24.3 Å². The zero-order valence-corrected chi connectivity index (χ0v) is 12.4. The molecule has 1 aromatic heterocycles. The molecular formula is C16H17N2O2S+. The van der Waals surface area contributed by atoms with Crippen molar-refractivity contribution in [3.05, 3.63) is 52.7 Å². The first kappa shape index (κ1) is 14.0. The van der Waals surface area contributed by atoms with Crippen molar-refractivity contribution < 1.29 is 14.9 Å². The number of thiophene rings is 1. The monoisotopic (exact) mass is 301 g/mol. The number of quaternary nitrogens is 1. The topological polar surface area (TPSA) is 54.0 Å². The van der Waals surface area contributed by atoms with Crippen LogP contribution in [0.15, 0.2) is 47.8 Å². The lowest BCUT2D eigenvalue weighted by atomic mass is 10.2. The molecule has 108 valence electrons. The summed E-state index contributed by atoms with van der Waals surface area (Å²) in [6, 6.07) is 13.0. The first-order valence-electron chi connectivity index (χ1n) is 7.03. The number of nitrogens with two attached hydrogens (primary N) is 1. The molecule has 2 heterocycles. The Kier molecular flexibility index (Phi) is 4.13. The molecule has 3 rings (SSSR count). The van der Waals surface area contributed by atoms with E-state index in [1.54, 1.807) is 23.5 Å². The second kappa shape index (κ2) is 6.20. The van der Waals surface area contributed by atoms with Gasteiger partial charge in [-0.1, -0.05) is 24.3 Å². The zero-order chi connectivity index (χ0) is 14.7. The molecular weight excluding hydrogens is 284 g/mol. The standard InChI is InChI=1S/C16H16N2O2S/c19-15-11-14(17-9-8-13-7-4-10-21-13)16(20)18(15)12-5-2-1-3-6-12/h1-7,10,14,17H,8-9,11H2/p+1/t14-/m1/s1. The zero-order valence-electron chi connectivity index (χ0n) is 11.6. The summed E-state index contributed by atoms with van der Waals surface area (Å²) in [5.74, 6) is -0.207. The third kappa shape index (κ3) is 3.04. The van der Waals surface area contributed by atoms with Crippen LogP contribution >= 0.6 is 11.3 Å². The third-order valence-corrected chi connectivity index (χ3v) is 4.55. The fourth-order valence-electron chi connectivity index (χ4n) is 2.57. The Bertz CT molecular complexity index is 625. The number of imide groups is 1. The maximum Gasteiger partial charge on any atom is 0.292 e. The fraction of sp³-hybridized carbons (Fsp3) is 0.250. The van der Waals surface area contributed by atoms with E-state index in [1.807, 2.05) is 29.6 Å². The van der Waals surface area contributed by atoms with Gasteiger partial charge in [-0.2, -0.15) is 0 Å². The highest BCUT2D eigenvalue weighted by Crippen LogP contribution is 2.20. The number of hydrogen-bond acceptors (Lipinski definition) is 3. The second-order valence-electron chi connectivity index (χ2n) is 5.07. The fourth-order valence-corrected chi connectivity index (χ4v) is 3.29. The molecule has 5 heteroatoms. The summed E-state index contributed by atoms with van der Waals surface area (Å²) in [7, 11) is 0. The van der Waals surface area contributed by atoms with Crippen molar-refractivity contribution in [1.29, 1.82) is 0 Å². The molecule has 1 aliphatic rings. The minimum Gasteiger partial charge on any atom is -0.335 e. The first-order chi connectivity index (χ1) is 10.3. The predicted molar refractivity (Wildman–Crippen MR) is 82.2 cm³/mol. The number of benzene rings is 1. The number of hydrogen-bond donors (Lipinski definition) is 1. The van der Waals surface area contributed by atoms with E-state index >= 15 is 0 Å². The normalized spacial score (nSPS) is 18.5. The van der Waals surface area contributed by atoms with Crippen LogP contribution in [-0.4, -0.2) is 24.4 Å². The van der Waals surface area contributed by atoms with E-state index in [2.05, 4.69) is 11.4 Å². The number of amides is 2. The van der Waals surface area contributed by atoms with Crippen LogP contribution in [0.1, 0.15) is 11.3 Å². The van der Waals surface area contributed by atoms with Gasteiger partial charge in [0.15, 0.2) is 6.04 Å². The molecule has 2 aromatic rings. The van der Waals surface area contributed by atoms with Crippen molar-refractivity contribution in [1.82, 2.24) is 0 Å². The highest BCUT2D eigenvalue weighted by Gasteiger charge is 2.41. The number of anilines is 1. The molecule has 0 radical (unpaired) electrons. The van der Waals surface area contributed by atoms with Gasteiger partial charge in [0.05, 0.1) is 18.7 Å². The van der Waals surface area contributed by atoms with E-state index in [0.717, 1.165) is 13.0 Å². The van der Waals surface area contributed by atoms with Crippen LogP contribution in [0.4, 0.5) is 5.69 Å². The summed E-state index contributed by atoms with van der Waals surface area (Å²) >= 11 is 1.72. The van der Waals surface area contributed by atoms with Gasteiger partial charge in [0.25, 0.3) is 5.91 Å². The van der Waals surface area contributed by atoms with Gasteiger partial charge in [0.2, 0.25) is 5.91 Å². The van der Waals surface area contributed by atoms with E-state index in [1.165, 1.54) is 9.78 Å². The number of rotatable bonds is 5. The average molecular weight is 301 g/mol. The third-order valence-electron chi connectivity index (χ3n) is 3.62. The molecule has 0 bridgehead atoms. The van der Waals surface area contributed by atoms with Gasteiger partial charge in [-0.05, 0) is 23.6 Å². The molecule has 1 aliphatic heterocycles. The first-order valence-corrected chi connectivity index (χ1v) is 7.91. The van der Waals surface area contributed by atoms with Gasteiger partial charge in [0, 0.05) is 11.3 Å². The van der Waals surface area contributed by atoms with Crippen LogP contribution in [0.25, 0.3) is 0 Å².